The highest BCUT2D eigenvalue weighted by atomic mass is 16.5. The first-order valence-corrected chi connectivity index (χ1v) is 11.8. The topological polar surface area (TPSA) is 103 Å². The van der Waals surface area contributed by atoms with Crippen LogP contribution < -0.4 is 10.6 Å². The van der Waals surface area contributed by atoms with Gasteiger partial charge in [-0.05, 0) is 55.9 Å². The molecule has 2 N–H and O–H groups in total. The fourth-order valence-electron chi connectivity index (χ4n) is 4.58. The molecule has 1 atom stereocenters. The zero-order chi connectivity index (χ0) is 23.5. The first kappa shape index (κ1) is 22.5. The SMILES string of the molecule is COC[C@H](C)Nc1ncc2c(n1)CCC=C2c1ccn2ncc(C(=O)NC3CCOCC3)c2c1. The zero-order valence-electron chi connectivity index (χ0n) is 19.6. The Labute approximate surface area is 198 Å². The molecule has 0 bridgehead atoms. The number of nitrogens with zero attached hydrogens (tertiary/aromatic N) is 4. The van der Waals surface area contributed by atoms with Crippen molar-refractivity contribution >= 4 is 22.9 Å². The molecule has 5 rings (SSSR count). The van der Waals surface area contributed by atoms with Gasteiger partial charge in [0.1, 0.15) is 0 Å². The second kappa shape index (κ2) is 9.90. The minimum atomic E-state index is -0.0960. The minimum Gasteiger partial charge on any atom is -0.383 e. The van der Waals surface area contributed by atoms with Crippen molar-refractivity contribution in [1.29, 1.82) is 0 Å². The summed E-state index contributed by atoms with van der Waals surface area (Å²) >= 11 is 0. The molecule has 0 unspecified atom stereocenters. The summed E-state index contributed by atoms with van der Waals surface area (Å²) in [6.07, 6.45) is 11.1. The molecule has 2 aliphatic rings. The molecule has 1 saturated heterocycles. The van der Waals surface area contributed by atoms with Crippen LogP contribution in [0.15, 0.2) is 36.8 Å². The predicted octanol–water partition coefficient (Wildman–Crippen LogP) is 2.86. The van der Waals surface area contributed by atoms with E-state index in [0.29, 0.717) is 31.3 Å². The van der Waals surface area contributed by atoms with Crippen molar-refractivity contribution < 1.29 is 14.3 Å². The Hall–Kier alpha value is -3.30. The van der Waals surface area contributed by atoms with Gasteiger partial charge in [0, 0.05) is 50.4 Å². The van der Waals surface area contributed by atoms with E-state index >= 15 is 0 Å². The molecule has 0 aromatic carbocycles. The molecule has 1 amide bonds. The fraction of sp³-hybridized carbons (Fsp3) is 0.440. The lowest BCUT2D eigenvalue weighted by Gasteiger charge is -2.22. The van der Waals surface area contributed by atoms with Crippen LogP contribution in [0.4, 0.5) is 5.95 Å². The number of carbonyl (C=O) groups excluding carboxylic acids is 1. The standard InChI is InChI=1S/C25H30N6O3/c1-16(15-33-2)28-25-26-13-20-19(4-3-5-22(20)30-25)17-6-9-31-23(12-17)21(14-27-31)24(32)29-18-7-10-34-11-8-18/h4,6,9,12-14,16,18H,3,5,7-8,10-11,15H2,1-2H3,(H,29,32)(H,26,28,30)/t16-/m0/s1. The predicted molar refractivity (Wildman–Crippen MR) is 129 cm³/mol. The van der Waals surface area contributed by atoms with Crippen molar-refractivity contribution in [3.05, 3.63) is 59.2 Å². The van der Waals surface area contributed by atoms with Gasteiger partial charge in [0.05, 0.1) is 29.6 Å². The third kappa shape index (κ3) is 4.67. The number of aromatic nitrogens is 4. The molecule has 4 heterocycles. The Kier molecular flexibility index (Phi) is 6.55. The van der Waals surface area contributed by atoms with Crippen LogP contribution in [0.2, 0.25) is 0 Å². The van der Waals surface area contributed by atoms with E-state index < -0.39 is 0 Å². The van der Waals surface area contributed by atoms with E-state index in [1.165, 1.54) is 0 Å². The van der Waals surface area contributed by atoms with Gasteiger partial charge in [0.25, 0.3) is 5.91 Å². The summed E-state index contributed by atoms with van der Waals surface area (Å²) in [4.78, 5) is 22.3. The summed E-state index contributed by atoms with van der Waals surface area (Å²) in [5, 5.41) is 10.8. The van der Waals surface area contributed by atoms with Crippen molar-refractivity contribution in [3.63, 3.8) is 0 Å². The summed E-state index contributed by atoms with van der Waals surface area (Å²) in [5.74, 6) is 0.518. The minimum absolute atomic E-state index is 0.0960. The Morgan fingerprint density at radius 1 is 1.32 bits per heavy atom. The van der Waals surface area contributed by atoms with E-state index in [0.717, 1.165) is 53.6 Å². The number of amides is 1. The lowest BCUT2D eigenvalue weighted by atomic mass is 9.91. The van der Waals surface area contributed by atoms with Gasteiger partial charge in [-0.3, -0.25) is 4.79 Å². The molecule has 9 nitrogen and oxygen atoms in total. The highest BCUT2D eigenvalue weighted by molar-refractivity contribution is 6.01. The van der Waals surface area contributed by atoms with Crippen molar-refractivity contribution in [2.75, 3.05) is 32.2 Å². The van der Waals surface area contributed by atoms with Gasteiger partial charge in [-0.1, -0.05) is 6.08 Å². The second-order valence-corrected chi connectivity index (χ2v) is 8.87. The number of hydrogen-bond donors (Lipinski definition) is 2. The van der Waals surface area contributed by atoms with Crippen LogP contribution in [-0.4, -0.2) is 64.5 Å². The van der Waals surface area contributed by atoms with Gasteiger partial charge < -0.3 is 20.1 Å². The van der Waals surface area contributed by atoms with Gasteiger partial charge in [-0.25, -0.2) is 14.5 Å². The van der Waals surface area contributed by atoms with Gasteiger partial charge in [-0.2, -0.15) is 5.10 Å². The van der Waals surface area contributed by atoms with Crippen LogP contribution in [-0.2, 0) is 15.9 Å². The number of anilines is 1. The molecule has 178 valence electrons. The van der Waals surface area contributed by atoms with Crippen molar-refractivity contribution in [3.8, 4) is 0 Å². The smallest absolute Gasteiger partial charge is 0.255 e. The lowest BCUT2D eigenvalue weighted by Crippen LogP contribution is -2.38. The number of allylic oxidation sites excluding steroid dienone is 1. The molecule has 1 fully saturated rings. The van der Waals surface area contributed by atoms with Gasteiger partial charge in [-0.15, -0.1) is 0 Å². The maximum atomic E-state index is 13.0. The average molecular weight is 463 g/mol. The maximum Gasteiger partial charge on any atom is 0.255 e. The van der Waals surface area contributed by atoms with Crippen LogP contribution in [0.25, 0.3) is 11.1 Å². The Morgan fingerprint density at radius 2 is 2.18 bits per heavy atom. The van der Waals surface area contributed by atoms with Crippen LogP contribution in [0.1, 0.15) is 53.4 Å². The van der Waals surface area contributed by atoms with Gasteiger partial charge in [0.15, 0.2) is 0 Å². The monoisotopic (exact) mass is 462 g/mol. The lowest BCUT2D eigenvalue weighted by molar-refractivity contribution is 0.0697. The van der Waals surface area contributed by atoms with Crippen molar-refractivity contribution in [2.24, 2.45) is 0 Å². The van der Waals surface area contributed by atoms with Crippen LogP contribution >= 0.6 is 0 Å². The van der Waals surface area contributed by atoms with E-state index in [4.69, 9.17) is 14.5 Å². The maximum absolute atomic E-state index is 13.0. The zero-order valence-corrected chi connectivity index (χ0v) is 19.6. The first-order chi connectivity index (χ1) is 16.6. The summed E-state index contributed by atoms with van der Waals surface area (Å²) < 4.78 is 12.3. The van der Waals surface area contributed by atoms with Gasteiger partial charge >= 0.3 is 0 Å². The summed E-state index contributed by atoms with van der Waals surface area (Å²) in [6, 6.07) is 4.31. The molecule has 0 spiro atoms. The highest BCUT2D eigenvalue weighted by Crippen LogP contribution is 2.32. The summed E-state index contributed by atoms with van der Waals surface area (Å²) in [6.45, 7) is 3.99. The quantitative estimate of drug-likeness (QED) is 0.557. The molecule has 0 radical (unpaired) electrons. The molecular formula is C25H30N6O3. The Bertz CT molecular complexity index is 1210. The molecule has 3 aromatic rings. The largest absolute Gasteiger partial charge is 0.383 e. The molecule has 9 heteroatoms. The fourth-order valence-corrected chi connectivity index (χ4v) is 4.58. The number of carbonyl (C=O) groups is 1. The Balaban J connectivity index is 1.41. The van der Waals surface area contributed by atoms with Crippen LogP contribution in [0.3, 0.4) is 0 Å². The van der Waals surface area contributed by atoms with Crippen molar-refractivity contribution in [1.82, 2.24) is 24.9 Å². The van der Waals surface area contributed by atoms with E-state index in [9.17, 15) is 4.79 Å². The van der Waals surface area contributed by atoms with E-state index in [-0.39, 0.29) is 18.0 Å². The number of ether oxygens (including phenoxy) is 2. The highest BCUT2D eigenvalue weighted by Gasteiger charge is 2.22. The third-order valence-corrected chi connectivity index (χ3v) is 6.31. The summed E-state index contributed by atoms with van der Waals surface area (Å²) in [5.41, 5.74) is 5.50. The molecule has 1 aliphatic heterocycles. The number of fused-ring (bicyclic) bond motifs is 2. The second-order valence-electron chi connectivity index (χ2n) is 8.87. The number of hydrogen-bond acceptors (Lipinski definition) is 7. The molecule has 34 heavy (non-hydrogen) atoms. The number of nitrogens with one attached hydrogen (secondary N) is 2. The number of rotatable bonds is 7. The molecule has 0 saturated carbocycles. The van der Waals surface area contributed by atoms with E-state index in [1.807, 2.05) is 31.5 Å². The van der Waals surface area contributed by atoms with Crippen molar-refractivity contribution in [2.45, 2.75) is 44.7 Å². The van der Waals surface area contributed by atoms with Crippen LogP contribution in [0.5, 0.6) is 0 Å². The number of pyridine rings is 1. The van der Waals surface area contributed by atoms with Crippen LogP contribution in [0, 0.1) is 0 Å². The average Bonchev–Trinajstić information content (AvgIpc) is 3.28. The molecule has 1 aliphatic carbocycles. The molecular weight excluding hydrogens is 432 g/mol. The summed E-state index contributed by atoms with van der Waals surface area (Å²) in [7, 11) is 1.68. The van der Waals surface area contributed by atoms with E-state index in [1.54, 1.807) is 17.8 Å². The van der Waals surface area contributed by atoms with Gasteiger partial charge in [0.2, 0.25) is 5.95 Å². The normalized spacial score (nSPS) is 17.2. The molecule has 3 aromatic heterocycles. The number of aryl methyl sites for hydroxylation is 1. The number of methoxy groups -OCH3 is 1. The third-order valence-electron chi connectivity index (χ3n) is 6.31. The first-order valence-electron chi connectivity index (χ1n) is 11.8. The van der Waals surface area contributed by atoms with E-state index in [2.05, 4.69) is 26.8 Å². The Morgan fingerprint density at radius 3 is 3.00 bits per heavy atom.